The van der Waals surface area contributed by atoms with E-state index in [0.29, 0.717) is 5.57 Å². The first-order valence-electron chi connectivity index (χ1n) is 3.36. The van der Waals surface area contributed by atoms with Crippen molar-refractivity contribution in [3.63, 3.8) is 0 Å². The molecule has 14 heavy (non-hydrogen) atoms. The van der Waals surface area contributed by atoms with E-state index in [2.05, 4.69) is 11.3 Å². The standard InChI is InChI=1S/C6H11NO2.H2O4S/c1-4(2)6(8)9-5(3)7;1-5(2,3)4/h5H,1,7H2,2-3H3;(H2,1,2,3,4). The van der Waals surface area contributed by atoms with Gasteiger partial charge in [-0.15, -0.1) is 0 Å². The normalized spacial score (nSPS) is 12.1. The van der Waals surface area contributed by atoms with Gasteiger partial charge < -0.3 is 4.74 Å². The van der Waals surface area contributed by atoms with Crippen LogP contribution < -0.4 is 5.73 Å². The molecule has 0 aliphatic carbocycles. The molecule has 84 valence electrons. The quantitative estimate of drug-likeness (QED) is 0.257. The van der Waals surface area contributed by atoms with Gasteiger partial charge in [0.05, 0.1) is 0 Å². The summed E-state index contributed by atoms with van der Waals surface area (Å²) >= 11 is 0. The first kappa shape index (κ1) is 15.5. The maximum absolute atomic E-state index is 10.6. The lowest BCUT2D eigenvalue weighted by atomic mass is 10.4. The van der Waals surface area contributed by atoms with Crippen LogP contribution in [0.25, 0.3) is 0 Å². The summed E-state index contributed by atoms with van der Waals surface area (Å²) in [7, 11) is -4.67. The van der Waals surface area contributed by atoms with E-state index in [1.807, 2.05) is 0 Å². The van der Waals surface area contributed by atoms with Crippen molar-refractivity contribution in [3.05, 3.63) is 12.2 Å². The number of hydrogen-bond acceptors (Lipinski definition) is 5. The number of rotatable bonds is 2. The van der Waals surface area contributed by atoms with Gasteiger partial charge in [0.2, 0.25) is 0 Å². The van der Waals surface area contributed by atoms with Crippen molar-refractivity contribution in [2.45, 2.75) is 20.1 Å². The lowest BCUT2D eigenvalue weighted by Gasteiger charge is -2.05. The Morgan fingerprint density at radius 3 is 1.86 bits per heavy atom. The second-order valence-electron chi connectivity index (χ2n) is 2.34. The van der Waals surface area contributed by atoms with Crippen LogP contribution in [0.2, 0.25) is 0 Å². The summed E-state index contributed by atoms with van der Waals surface area (Å²) in [5.74, 6) is -0.440. The minimum absolute atomic E-state index is 0.368. The number of esters is 1. The van der Waals surface area contributed by atoms with Crippen molar-refractivity contribution in [2.24, 2.45) is 5.73 Å². The van der Waals surface area contributed by atoms with Crippen LogP contribution in [-0.4, -0.2) is 29.7 Å². The minimum atomic E-state index is -4.67. The average molecular weight is 227 g/mol. The molecular weight excluding hydrogens is 214 g/mol. The zero-order valence-electron chi connectivity index (χ0n) is 7.80. The van der Waals surface area contributed by atoms with Gasteiger partial charge in [-0.25, -0.2) is 4.79 Å². The van der Waals surface area contributed by atoms with E-state index in [0.717, 1.165) is 0 Å². The highest BCUT2D eigenvalue weighted by molar-refractivity contribution is 7.79. The zero-order valence-corrected chi connectivity index (χ0v) is 8.61. The van der Waals surface area contributed by atoms with Gasteiger partial charge >= 0.3 is 16.4 Å². The fraction of sp³-hybridized carbons (Fsp3) is 0.500. The van der Waals surface area contributed by atoms with Crippen LogP contribution in [0, 0.1) is 0 Å². The highest BCUT2D eigenvalue weighted by atomic mass is 32.3. The Hall–Kier alpha value is -0.960. The fourth-order valence-electron chi connectivity index (χ4n) is 0.269. The highest BCUT2D eigenvalue weighted by Crippen LogP contribution is 1.92. The number of hydrogen-bond donors (Lipinski definition) is 3. The van der Waals surface area contributed by atoms with E-state index < -0.39 is 22.6 Å². The molecule has 0 spiro atoms. The van der Waals surface area contributed by atoms with Crippen LogP contribution in [0.3, 0.4) is 0 Å². The van der Waals surface area contributed by atoms with Crippen LogP contribution in [0.4, 0.5) is 0 Å². The van der Waals surface area contributed by atoms with E-state index in [1.165, 1.54) is 0 Å². The van der Waals surface area contributed by atoms with Gasteiger partial charge in [0, 0.05) is 5.57 Å². The molecule has 0 aromatic heterocycles. The molecule has 0 saturated carbocycles. The van der Waals surface area contributed by atoms with Gasteiger partial charge in [-0.1, -0.05) is 6.58 Å². The predicted molar refractivity (Wildman–Crippen MR) is 48.7 cm³/mol. The van der Waals surface area contributed by atoms with Crippen molar-refractivity contribution >= 4 is 16.4 Å². The molecule has 7 nitrogen and oxygen atoms in total. The predicted octanol–water partition coefficient (Wildman–Crippen LogP) is -0.242. The van der Waals surface area contributed by atoms with Crippen molar-refractivity contribution < 1.29 is 27.1 Å². The molecular formula is C6H13NO6S. The van der Waals surface area contributed by atoms with Crippen LogP contribution in [0.15, 0.2) is 12.2 Å². The molecule has 0 saturated heterocycles. The monoisotopic (exact) mass is 227 g/mol. The van der Waals surface area contributed by atoms with Crippen LogP contribution in [0.1, 0.15) is 13.8 Å². The Bertz CT molecular complexity index is 285. The number of nitrogens with two attached hydrogens (primary N) is 1. The van der Waals surface area contributed by atoms with Gasteiger partial charge in [-0.2, -0.15) is 8.42 Å². The third-order valence-corrected chi connectivity index (χ3v) is 0.641. The van der Waals surface area contributed by atoms with Crippen molar-refractivity contribution in [2.75, 3.05) is 0 Å². The van der Waals surface area contributed by atoms with E-state index in [-0.39, 0.29) is 0 Å². The maximum atomic E-state index is 10.6. The molecule has 0 bridgehead atoms. The summed E-state index contributed by atoms with van der Waals surface area (Å²) in [5, 5.41) is 0. The Morgan fingerprint density at radius 1 is 1.50 bits per heavy atom. The lowest BCUT2D eigenvalue weighted by molar-refractivity contribution is -0.143. The van der Waals surface area contributed by atoms with Gasteiger partial charge in [0.1, 0.15) is 6.23 Å². The molecule has 0 heterocycles. The Labute approximate surface area is 82.1 Å². The molecule has 0 aromatic rings. The first-order chi connectivity index (χ1) is 6.04. The zero-order chi connectivity index (χ0) is 11.9. The van der Waals surface area contributed by atoms with Crippen LogP contribution in [-0.2, 0) is 19.9 Å². The molecule has 0 fully saturated rings. The topological polar surface area (TPSA) is 127 Å². The summed E-state index contributed by atoms with van der Waals surface area (Å²) in [5.41, 5.74) is 5.51. The largest absolute Gasteiger partial charge is 0.444 e. The Balaban J connectivity index is 0. The SMILES string of the molecule is C=C(C)C(=O)OC(C)N.O=S(=O)(O)O. The molecule has 0 aliphatic heterocycles. The van der Waals surface area contributed by atoms with E-state index in [9.17, 15) is 4.79 Å². The summed E-state index contributed by atoms with van der Waals surface area (Å²) in [6, 6.07) is 0. The van der Waals surface area contributed by atoms with Gasteiger partial charge in [0.25, 0.3) is 0 Å². The van der Waals surface area contributed by atoms with Gasteiger partial charge in [0.15, 0.2) is 0 Å². The van der Waals surface area contributed by atoms with E-state index >= 15 is 0 Å². The second-order valence-corrected chi connectivity index (χ2v) is 3.23. The Morgan fingerprint density at radius 2 is 1.79 bits per heavy atom. The molecule has 0 rings (SSSR count). The molecule has 0 amide bonds. The average Bonchev–Trinajstić information content (AvgIpc) is 1.80. The highest BCUT2D eigenvalue weighted by Gasteiger charge is 2.03. The van der Waals surface area contributed by atoms with E-state index in [4.69, 9.17) is 23.3 Å². The lowest BCUT2D eigenvalue weighted by Crippen LogP contribution is -2.23. The summed E-state index contributed by atoms with van der Waals surface area (Å²) in [4.78, 5) is 10.6. The summed E-state index contributed by atoms with van der Waals surface area (Å²) < 4.78 is 36.1. The maximum Gasteiger partial charge on any atom is 0.394 e. The fourth-order valence-corrected chi connectivity index (χ4v) is 0.269. The molecule has 0 radical (unpaired) electrons. The third-order valence-electron chi connectivity index (χ3n) is 0.641. The molecule has 8 heteroatoms. The molecule has 0 aliphatic rings. The molecule has 4 N–H and O–H groups in total. The van der Waals surface area contributed by atoms with Gasteiger partial charge in [-0.05, 0) is 13.8 Å². The summed E-state index contributed by atoms with van der Waals surface area (Å²) in [6.07, 6.45) is -0.547. The Kier molecular flexibility index (Phi) is 7.19. The number of carbonyl (C=O) groups excluding carboxylic acids is 1. The van der Waals surface area contributed by atoms with Crippen molar-refractivity contribution in [1.82, 2.24) is 0 Å². The molecule has 1 unspecified atom stereocenters. The van der Waals surface area contributed by atoms with E-state index in [1.54, 1.807) is 13.8 Å². The van der Waals surface area contributed by atoms with Crippen molar-refractivity contribution in [1.29, 1.82) is 0 Å². The summed E-state index contributed by atoms with van der Waals surface area (Å²) in [6.45, 7) is 6.54. The van der Waals surface area contributed by atoms with Crippen LogP contribution >= 0.6 is 0 Å². The smallest absolute Gasteiger partial charge is 0.394 e. The second kappa shape index (κ2) is 6.49. The minimum Gasteiger partial charge on any atom is -0.444 e. The number of ether oxygens (including phenoxy) is 1. The van der Waals surface area contributed by atoms with Crippen molar-refractivity contribution in [3.8, 4) is 0 Å². The van der Waals surface area contributed by atoms with Gasteiger partial charge in [-0.3, -0.25) is 14.8 Å². The third kappa shape index (κ3) is 22.5. The first-order valence-corrected chi connectivity index (χ1v) is 4.75. The number of carbonyl (C=O) groups is 1. The molecule has 1 atom stereocenters. The van der Waals surface area contributed by atoms with Crippen LogP contribution in [0.5, 0.6) is 0 Å². The molecule has 0 aromatic carbocycles.